The van der Waals surface area contributed by atoms with Gasteiger partial charge in [0.25, 0.3) is 0 Å². The summed E-state index contributed by atoms with van der Waals surface area (Å²) >= 11 is 7.90. The van der Waals surface area contributed by atoms with Crippen LogP contribution in [-0.2, 0) is 6.42 Å². The first-order valence-corrected chi connectivity index (χ1v) is 7.47. The maximum absolute atomic E-state index is 6.02. The molecular formula is C13H20ClNOS. The molecule has 0 saturated carbocycles. The molecule has 1 aromatic carbocycles. The fraction of sp³-hybridized carbons (Fsp3) is 0.538. The number of nitrogens with one attached hydrogen (secondary N) is 1. The van der Waals surface area contributed by atoms with Crippen LogP contribution < -0.4 is 10.1 Å². The predicted octanol–water partition coefficient (Wildman–Crippen LogP) is 3.23. The Hall–Kier alpha value is -0.380. The summed E-state index contributed by atoms with van der Waals surface area (Å²) in [5.41, 5.74) is 1.17. The van der Waals surface area contributed by atoms with Gasteiger partial charge in [-0.05, 0) is 55.7 Å². The summed E-state index contributed by atoms with van der Waals surface area (Å²) in [4.78, 5) is 0. The van der Waals surface area contributed by atoms with Crippen LogP contribution in [0.25, 0.3) is 0 Å². The number of ether oxygens (including phenoxy) is 1. The van der Waals surface area contributed by atoms with Gasteiger partial charge in [0.1, 0.15) is 5.75 Å². The number of hydrogen-bond acceptors (Lipinski definition) is 3. The average molecular weight is 274 g/mol. The largest absolute Gasteiger partial charge is 0.496 e. The summed E-state index contributed by atoms with van der Waals surface area (Å²) in [6, 6.07) is 6.25. The van der Waals surface area contributed by atoms with Crippen molar-refractivity contribution >= 4 is 23.4 Å². The van der Waals surface area contributed by atoms with Gasteiger partial charge in [0, 0.05) is 11.1 Å². The number of benzene rings is 1. The Morgan fingerprint density at radius 2 is 2.24 bits per heavy atom. The van der Waals surface area contributed by atoms with Gasteiger partial charge in [-0.25, -0.2) is 0 Å². The quantitative estimate of drug-likeness (QED) is 0.824. The van der Waals surface area contributed by atoms with E-state index in [1.54, 1.807) is 7.11 Å². The molecule has 0 fully saturated rings. The van der Waals surface area contributed by atoms with Gasteiger partial charge in [-0.2, -0.15) is 11.8 Å². The van der Waals surface area contributed by atoms with E-state index in [0.717, 1.165) is 29.4 Å². The van der Waals surface area contributed by atoms with E-state index in [-0.39, 0.29) is 0 Å². The lowest BCUT2D eigenvalue weighted by Gasteiger charge is -2.17. The number of likely N-dealkylation sites (N-methyl/N-ethyl adjacent to an activating group) is 1. The molecule has 0 bridgehead atoms. The van der Waals surface area contributed by atoms with E-state index in [9.17, 15) is 0 Å². The molecule has 0 spiro atoms. The first-order chi connectivity index (χ1) is 8.21. The lowest BCUT2D eigenvalue weighted by molar-refractivity contribution is 0.405. The third-order valence-electron chi connectivity index (χ3n) is 2.79. The second kappa shape index (κ2) is 7.85. The maximum atomic E-state index is 6.02. The van der Waals surface area contributed by atoms with Crippen molar-refractivity contribution in [1.82, 2.24) is 5.32 Å². The van der Waals surface area contributed by atoms with Gasteiger partial charge in [-0.3, -0.25) is 0 Å². The summed E-state index contributed by atoms with van der Waals surface area (Å²) in [6.07, 6.45) is 4.22. The lowest BCUT2D eigenvalue weighted by atomic mass is 10.0. The number of methoxy groups -OCH3 is 1. The molecule has 1 atom stereocenters. The highest BCUT2D eigenvalue weighted by Gasteiger charge is 2.11. The Balaban J connectivity index is 2.73. The first-order valence-electron chi connectivity index (χ1n) is 5.70. The molecule has 96 valence electrons. The molecule has 17 heavy (non-hydrogen) atoms. The molecule has 0 amide bonds. The lowest BCUT2D eigenvalue weighted by Crippen LogP contribution is -2.28. The normalized spacial score (nSPS) is 12.5. The third-order valence-corrected chi connectivity index (χ3v) is 3.67. The van der Waals surface area contributed by atoms with Crippen molar-refractivity contribution in [1.29, 1.82) is 0 Å². The SMILES string of the molecule is CNC(CCSC)Cc1cc(Cl)ccc1OC. The van der Waals surface area contributed by atoms with Gasteiger partial charge in [0.15, 0.2) is 0 Å². The molecule has 2 nitrogen and oxygen atoms in total. The minimum absolute atomic E-state index is 0.467. The van der Waals surface area contributed by atoms with E-state index in [2.05, 4.69) is 11.6 Å². The zero-order valence-electron chi connectivity index (χ0n) is 10.6. The summed E-state index contributed by atoms with van der Waals surface area (Å²) in [7, 11) is 3.70. The number of thioether (sulfide) groups is 1. The Bertz CT molecular complexity index is 346. The highest BCUT2D eigenvalue weighted by Crippen LogP contribution is 2.24. The van der Waals surface area contributed by atoms with Gasteiger partial charge in [-0.15, -0.1) is 0 Å². The first kappa shape index (κ1) is 14.7. The molecule has 0 radical (unpaired) electrons. The number of halogens is 1. The van der Waals surface area contributed by atoms with Crippen LogP contribution in [0, 0.1) is 0 Å². The summed E-state index contributed by atoms with van der Waals surface area (Å²) < 4.78 is 5.36. The van der Waals surface area contributed by atoms with Crippen molar-refractivity contribution in [3.63, 3.8) is 0 Å². The van der Waals surface area contributed by atoms with Crippen LogP contribution in [0.15, 0.2) is 18.2 Å². The second-order valence-electron chi connectivity index (χ2n) is 3.93. The fourth-order valence-corrected chi connectivity index (χ4v) is 2.50. The van der Waals surface area contributed by atoms with Crippen LogP contribution in [0.2, 0.25) is 5.02 Å². The molecule has 0 aliphatic rings. The van der Waals surface area contributed by atoms with Crippen molar-refractivity contribution in [2.24, 2.45) is 0 Å². The van der Waals surface area contributed by atoms with Crippen LogP contribution in [-0.4, -0.2) is 32.2 Å². The molecule has 0 heterocycles. The maximum Gasteiger partial charge on any atom is 0.122 e. The molecule has 4 heteroatoms. The van der Waals surface area contributed by atoms with Crippen LogP contribution in [0.1, 0.15) is 12.0 Å². The number of rotatable bonds is 7. The summed E-state index contributed by atoms with van der Waals surface area (Å²) in [6.45, 7) is 0. The minimum atomic E-state index is 0.467. The molecule has 0 aliphatic carbocycles. The van der Waals surface area contributed by atoms with Crippen LogP contribution in [0.4, 0.5) is 0 Å². The molecule has 0 aromatic heterocycles. The Morgan fingerprint density at radius 3 is 2.82 bits per heavy atom. The van der Waals surface area contributed by atoms with Gasteiger partial charge in [0.05, 0.1) is 7.11 Å². The Labute approximate surface area is 113 Å². The highest BCUT2D eigenvalue weighted by molar-refractivity contribution is 7.98. The van der Waals surface area contributed by atoms with E-state index in [1.807, 2.05) is 37.0 Å². The molecular weight excluding hydrogens is 254 g/mol. The van der Waals surface area contributed by atoms with Crippen molar-refractivity contribution < 1.29 is 4.74 Å². The molecule has 1 aromatic rings. The monoisotopic (exact) mass is 273 g/mol. The zero-order chi connectivity index (χ0) is 12.7. The smallest absolute Gasteiger partial charge is 0.122 e. The number of hydrogen-bond donors (Lipinski definition) is 1. The van der Waals surface area contributed by atoms with Crippen LogP contribution in [0.3, 0.4) is 0 Å². The average Bonchev–Trinajstić information content (AvgIpc) is 2.34. The molecule has 1 rings (SSSR count). The van der Waals surface area contributed by atoms with E-state index in [0.29, 0.717) is 6.04 Å². The Kier molecular flexibility index (Phi) is 6.78. The van der Waals surface area contributed by atoms with Crippen molar-refractivity contribution in [2.45, 2.75) is 18.9 Å². The van der Waals surface area contributed by atoms with Crippen molar-refractivity contribution in [3.05, 3.63) is 28.8 Å². The van der Waals surface area contributed by atoms with E-state index in [1.165, 1.54) is 5.56 Å². The van der Waals surface area contributed by atoms with E-state index in [4.69, 9.17) is 16.3 Å². The molecule has 1 unspecified atom stereocenters. The summed E-state index contributed by atoms with van der Waals surface area (Å²) in [5, 5.41) is 4.11. The van der Waals surface area contributed by atoms with Crippen LogP contribution in [0.5, 0.6) is 5.75 Å². The molecule has 1 N–H and O–H groups in total. The van der Waals surface area contributed by atoms with Gasteiger partial charge in [-0.1, -0.05) is 11.6 Å². The minimum Gasteiger partial charge on any atom is -0.496 e. The van der Waals surface area contributed by atoms with Gasteiger partial charge in [0.2, 0.25) is 0 Å². The van der Waals surface area contributed by atoms with Crippen LogP contribution >= 0.6 is 23.4 Å². The molecule has 0 saturated heterocycles. The van der Waals surface area contributed by atoms with Gasteiger partial charge < -0.3 is 10.1 Å². The highest BCUT2D eigenvalue weighted by atomic mass is 35.5. The van der Waals surface area contributed by atoms with Crippen molar-refractivity contribution in [3.8, 4) is 5.75 Å². The summed E-state index contributed by atoms with van der Waals surface area (Å²) in [5.74, 6) is 2.08. The third kappa shape index (κ3) is 4.78. The van der Waals surface area contributed by atoms with Crippen molar-refractivity contribution in [2.75, 3.05) is 26.2 Å². The van der Waals surface area contributed by atoms with Gasteiger partial charge >= 0.3 is 0 Å². The Morgan fingerprint density at radius 1 is 1.47 bits per heavy atom. The topological polar surface area (TPSA) is 21.3 Å². The predicted molar refractivity (Wildman–Crippen MR) is 77.6 cm³/mol. The second-order valence-corrected chi connectivity index (χ2v) is 5.35. The molecule has 0 aliphatic heterocycles. The van der Waals surface area contributed by atoms with E-state index >= 15 is 0 Å². The fourth-order valence-electron chi connectivity index (χ4n) is 1.78. The van der Waals surface area contributed by atoms with E-state index < -0.39 is 0 Å². The zero-order valence-corrected chi connectivity index (χ0v) is 12.2. The standard InChI is InChI=1S/C13H20ClNOS/c1-15-12(6-7-17-3)9-10-8-11(14)4-5-13(10)16-2/h4-5,8,12,15H,6-7,9H2,1-3H3.